The summed E-state index contributed by atoms with van der Waals surface area (Å²) in [6, 6.07) is 9.17. The quantitative estimate of drug-likeness (QED) is 0.149. The zero-order valence-electron chi connectivity index (χ0n) is 18.7. The normalized spacial score (nSPS) is 16.6. The molecule has 1 aliphatic heterocycles. The van der Waals surface area contributed by atoms with E-state index in [9.17, 15) is 14.4 Å². The van der Waals surface area contributed by atoms with Crippen molar-refractivity contribution in [1.82, 2.24) is 15.5 Å². The molecule has 0 radical (unpaired) electrons. The van der Waals surface area contributed by atoms with Crippen LogP contribution in [0.5, 0.6) is 0 Å². The maximum Gasteiger partial charge on any atom is 0.240 e. The molecule has 0 spiro atoms. The molecule has 2 amide bonds. The number of carbonyl (C=O) groups excluding carboxylic acids is 3. The fourth-order valence-corrected chi connectivity index (χ4v) is 3.79. The summed E-state index contributed by atoms with van der Waals surface area (Å²) in [6.07, 6.45) is 6.10. The predicted molar refractivity (Wildman–Crippen MR) is 125 cm³/mol. The van der Waals surface area contributed by atoms with Gasteiger partial charge < -0.3 is 31.8 Å². The molecule has 1 unspecified atom stereocenters. The number of rotatable bonds is 13. The van der Waals surface area contributed by atoms with Gasteiger partial charge in [-0.25, -0.2) is 0 Å². The van der Waals surface area contributed by atoms with Crippen molar-refractivity contribution in [2.24, 2.45) is 16.5 Å². The number of hydrogen-bond acceptors (Lipinski definition) is 5. The molecule has 1 aromatic carbocycles. The van der Waals surface area contributed by atoms with Crippen LogP contribution in [-0.4, -0.2) is 67.2 Å². The highest BCUT2D eigenvalue weighted by molar-refractivity contribution is 5.88. The molecule has 176 valence electrons. The first-order chi connectivity index (χ1) is 15.5. The largest absolute Gasteiger partial charge is 0.370 e. The van der Waals surface area contributed by atoms with Crippen molar-refractivity contribution in [3.05, 3.63) is 35.9 Å². The molecule has 0 saturated carbocycles. The van der Waals surface area contributed by atoms with Gasteiger partial charge in [-0.15, -0.1) is 0 Å². The van der Waals surface area contributed by atoms with E-state index in [1.807, 2.05) is 18.2 Å². The van der Waals surface area contributed by atoms with E-state index in [1.165, 1.54) is 5.56 Å². The van der Waals surface area contributed by atoms with Crippen LogP contribution in [0.3, 0.4) is 0 Å². The van der Waals surface area contributed by atoms with Gasteiger partial charge in [-0.3, -0.25) is 14.6 Å². The van der Waals surface area contributed by atoms with Crippen LogP contribution in [0.4, 0.5) is 0 Å². The summed E-state index contributed by atoms with van der Waals surface area (Å²) >= 11 is 0. The number of guanidine groups is 1. The third-order valence-electron chi connectivity index (χ3n) is 5.47. The number of carbonyl (C=O) groups is 3. The maximum atomic E-state index is 13.1. The molecule has 2 rings (SSSR count). The average Bonchev–Trinajstić information content (AvgIpc) is 2.81. The average molecular weight is 445 g/mol. The third kappa shape index (κ3) is 9.47. The lowest BCUT2D eigenvalue weighted by Gasteiger charge is -2.30. The molecular formula is C23H36N6O3. The molecule has 1 heterocycles. The number of benzene rings is 1. The smallest absolute Gasteiger partial charge is 0.240 e. The number of piperidine rings is 1. The molecule has 9 nitrogen and oxygen atoms in total. The molecule has 0 bridgehead atoms. The molecule has 0 aromatic heterocycles. The third-order valence-corrected chi connectivity index (χ3v) is 5.47. The minimum Gasteiger partial charge on any atom is -0.370 e. The van der Waals surface area contributed by atoms with Crippen molar-refractivity contribution in [1.29, 1.82) is 0 Å². The lowest BCUT2D eigenvalue weighted by Crippen LogP contribution is -2.52. The van der Waals surface area contributed by atoms with Crippen LogP contribution in [0, 0.1) is 0 Å². The Morgan fingerprint density at radius 1 is 1.22 bits per heavy atom. The zero-order chi connectivity index (χ0) is 23.2. The second-order valence-electron chi connectivity index (χ2n) is 8.11. The zero-order valence-corrected chi connectivity index (χ0v) is 18.7. The Hall–Kier alpha value is -2.94. The van der Waals surface area contributed by atoms with Crippen molar-refractivity contribution in [2.75, 3.05) is 26.2 Å². The van der Waals surface area contributed by atoms with E-state index in [2.05, 4.69) is 27.8 Å². The summed E-state index contributed by atoms with van der Waals surface area (Å²) in [7, 11) is 0. The molecule has 1 aromatic rings. The van der Waals surface area contributed by atoms with E-state index in [0.717, 1.165) is 38.6 Å². The van der Waals surface area contributed by atoms with E-state index >= 15 is 0 Å². The van der Waals surface area contributed by atoms with Gasteiger partial charge in [0.1, 0.15) is 6.29 Å². The Kier molecular flexibility index (Phi) is 11.2. The standard InChI is InChI=1S/C23H36N6O3/c24-23(25)27-14-6-11-19(17-30)28-21(31)16-29(22(32)20-12-4-5-13-26-20)15-7-10-18-8-2-1-3-9-18/h1-3,8-9,17,19-20,26H,4-7,10-16H2,(H,28,31)(H4,24,25,27)/t19-,20?/m0/s1. The van der Waals surface area contributed by atoms with Gasteiger partial charge in [0.15, 0.2) is 5.96 Å². The molecule has 1 fully saturated rings. The van der Waals surface area contributed by atoms with Crippen LogP contribution >= 0.6 is 0 Å². The Labute approximate surface area is 190 Å². The Morgan fingerprint density at radius 2 is 2.00 bits per heavy atom. The molecule has 1 saturated heterocycles. The number of aliphatic imine (C=N–C) groups is 1. The summed E-state index contributed by atoms with van der Waals surface area (Å²) in [5.41, 5.74) is 11.8. The van der Waals surface area contributed by atoms with Gasteiger partial charge in [0.25, 0.3) is 0 Å². The van der Waals surface area contributed by atoms with E-state index in [1.54, 1.807) is 4.90 Å². The number of aldehydes is 1. The van der Waals surface area contributed by atoms with Crippen molar-refractivity contribution < 1.29 is 14.4 Å². The van der Waals surface area contributed by atoms with Crippen LogP contribution in [0.15, 0.2) is 35.3 Å². The number of aryl methyl sites for hydroxylation is 1. The minimum absolute atomic E-state index is 0.00216. The summed E-state index contributed by atoms with van der Waals surface area (Å²) in [5, 5.41) is 5.98. The van der Waals surface area contributed by atoms with Gasteiger partial charge in [0.2, 0.25) is 11.8 Å². The number of nitrogens with one attached hydrogen (secondary N) is 2. The minimum atomic E-state index is -0.634. The number of nitrogens with zero attached hydrogens (tertiary/aromatic N) is 2. The summed E-state index contributed by atoms with van der Waals surface area (Å²) in [5.74, 6) is -0.395. The van der Waals surface area contributed by atoms with Gasteiger partial charge in [0.05, 0.1) is 18.6 Å². The first-order valence-corrected chi connectivity index (χ1v) is 11.4. The molecular weight excluding hydrogens is 408 g/mol. The summed E-state index contributed by atoms with van der Waals surface area (Å²) in [4.78, 5) is 42.6. The summed E-state index contributed by atoms with van der Waals surface area (Å²) in [6.45, 7) is 1.61. The molecule has 32 heavy (non-hydrogen) atoms. The molecule has 2 atom stereocenters. The second-order valence-corrected chi connectivity index (χ2v) is 8.11. The van der Waals surface area contributed by atoms with Crippen molar-refractivity contribution in [3.63, 3.8) is 0 Å². The van der Waals surface area contributed by atoms with Crippen LogP contribution in [-0.2, 0) is 20.8 Å². The number of amides is 2. The van der Waals surface area contributed by atoms with Crippen LogP contribution < -0.4 is 22.1 Å². The van der Waals surface area contributed by atoms with E-state index in [4.69, 9.17) is 11.5 Å². The molecule has 9 heteroatoms. The van der Waals surface area contributed by atoms with E-state index in [-0.39, 0.29) is 30.4 Å². The lowest BCUT2D eigenvalue weighted by atomic mass is 10.0. The fraction of sp³-hybridized carbons (Fsp3) is 0.565. The number of nitrogens with two attached hydrogens (primary N) is 2. The van der Waals surface area contributed by atoms with Crippen LogP contribution in [0.1, 0.15) is 44.1 Å². The Bertz CT molecular complexity index is 745. The first-order valence-electron chi connectivity index (χ1n) is 11.4. The van der Waals surface area contributed by atoms with E-state index in [0.29, 0.717) is 32.2 Å². The van der Waals surface area contributed by atoms with Crippen LogP contribution in [0.2, 0.25) is 0 Å². The molecule has 6 N–H and O–H groups in total. The highest BCUT2D eigenvalue weighted by Gasteiger charge is 2.27. The highest BCUT2D eigenvalue weighted by atomic mass is 16.2. The van der Waals surface area contributed by atoms with Gasteiger partial charge in [-0.1, -0.05) is 36.8 Å². The van der Waals surface area contributed by atoms with E-state index < -0.39 is 6.04 Å². The topological polar surface area (TPSA) is 143 Å². The van der Waals surface area contributed by atoms with Crippen molar-refractivity contribution in [3.8, 4) is 0 Å². The number of hydrogen-bond donors (Lipinski definition) is 4. The lowest BCUT2D eigenvalue weighted by molar-refractivity contribution is -0.138. The first kappa shape index (κ1) is 25.3. The molecule has 0 aliphatic carbocycles. The van der Waals surface area contributed by atoms with Gasteiger partial charge >= 0.3 is 0 Å². The predicted octanol–water partition coefficient (Wildman–Crippen LogP) is 0.327. The highest BCUT2D eigenvalue weighted by Crippen LogP contribution is 2.11. The van der Waals surface area contributed by atoms with Crippen LogP contribution in [0.25, 0.3) is 0 Å². The Balaban J connectivity index is 1.91. The Morgan fingerprint density at radius 3 is 2.66 bits per heavy atom. The fourth-order valence-electron chi connectivity index (χ4n) is 3.79. The summed E-state index contributed by atoms with van der Waals surface area (Å²) < 4.78 is 0. The SMILES string of the molecule is NC(N)=NCCC[C@@H](C=O)NC(=O)CN(CCCc1ccccc1)C(=O)C1CCCCN1. The van der Waals surface area contributed by atoms with Gasteiger partial charge in [0, 0.05) is 13.1 Å². The van der Waals surface area contributed by atoms with Gasteiger partial charge in [-0.2, -0.15) is 0 Å². The second kappa shape index (κ2) is 14.2. The van der Waals surface area contributed by atoms with Crippen molar-refractivity contribution >= 4 is 24.1 Å². The molecule has 1 aliphatic rings. The van der Waals surface area contributed by atoms with Gasteiger partial charge in [-0.05, 0) is 50.6 Å². The monoisotopic (exact) mass is 444 g/mol. The maximum absolute atomic E-state index is 13.1. The van der Waals surface area contributed by atoms with Crippen molar-refractivity contribution in [2.45, 2.75) is 57.0 Å².